The first-order valence-electron chi connectivity index (χ1n) is 5.17. The van der Waals surface area contributed by atoms with E-state index in [1.54, 1.807) is 4.90 Å². The summed E-state index contributed by atoms with van der Waals surface area (Å²) in [6.45, 7) is 6.05. The molecule has 82 valence electrons. The summed E-state index contributed by atoms with van der Waals surface area (Å²) in [7, 11) is 0. The van der Waals surface area contributed by atoms with Crippen LogP contribution in [0.15, 0.2) is 0 Å². The maximum atomic E-state index is 11.9. The molecule has 1 amide bonds. The SMILES string of the molecule is CCN(CCCl)C(=O)C1OCCC1C. The van der Waals surface area contributed by atoms with Crippen LogP contribution in [0.3, 0.4) is 0 Å². The minimum atomic E-state index is -0.238. The molecule has 2 unspecified atom stereocenters. The average Bonchev–Trinajstić information content (AvgIpc) is 2.59. The van der Waals surface area contributed by atoms with Crippen LogP contribution >= 0.6 is 11.6 Å². The lowest BCUT2D eigenvalue weighted by Gasteiger charge is -2.24. The molecule has 1 aliphatic heterocycles. The van der Waals surface area contributed by atoms with Crippen LogP contribution in [0.4, 0.5) is 0 Å². The van der Waals surface area contributed by atoms with Crippen LogP contribution < -0.4 is 0 Å². The van der Waals surface area contributed by atoms with Crippen LogP contribution in [0, 0.1) is 5.92 Å². The number of halogens is 1. The molecule has 0 N–H and O–H groups in total. The van der Waals surface area contributed by atoms with E-state index in [1.807, 2.05) is 6.92 Å². The van der Waals surface area contributed by atoms with Gasteiger partial charge in [0, 0.05) is 25.6 Å². The van der Waals surface area contributed by atoms with Crippen LogP contribution in [0.5, 0.6) is 0 Å². The molecule has 0 bridgehead atoms. The fraction of sp³-hybridized carbons (Fsp3) is 0.900. The maximum absolute atomic E-state index is 11.9. The van der Waals surface area contributed by atoms with Gasteiger partial charge in [-0.05, 0) is 19.3 Å². The lowest BCUT2D eigenvalue weighted by atomic mass is 10.0. The Balaban J connectivity index is 2.52. The molecule has 2 atom stereocenters. The lowest BCUT2D eigenvalue weighted by Crippen LogP contribution is -2.42. The molecule has 14 heavy (non-hydrogen) atoms. The van der Waals surface area contributed by atoms with Gasteiger partial charge < -0.3 is 9.64 Å². The zero-order valence-electron chi connectivity index (χ0n) is 8.83. The average molecular weight is 220 g/mol. The van der Waals surface area contributed by atoms with Crippen molar-refractivity contribution in [1.29, 1.82) is 0 Å². The number of hydrogen-bond donors (Lipinski definition) is 0. The van der Waals surface area contributed by atoms with E-state index >= 15 is 0 Å². The zero-order valence-corrected chi connectivity index (χ0v) is 9.59. The number of carbonyl (C=O) groups is 1. The van der Waals surface area contributed by atoms with Crippen LogP contribution in [-0.4, -0.2) is 42.5 Å². The monoisotopic (exact) mass is 219 g/mol. The van der Waals surface area contributed by atoms with E-state index in [2.05, 4.69) is 6.92 Å². The highest BCUT2D eigenvalue weighted by Gasteiger charge is 2.33. The van der Waals surface area contributed by atoms with Gasteiger partial charge in [0.25, 0.3) is 5.91 Å². The highest BCUT2D eigenvalue weighted by atomic mass is 35.5. The standard InChI is InChI=1S/C10H18ClNO2/c1-3-12(6-5-11)10(13)9-8(2)4-7-14-9/h8-9H,3-7H2,1-2H3. The van der Waals surface area contributed by atoms with Gasteiger partial charge >= 0.3 is 0 Å². The highest BCUT2D eigenvalue weighted by molar-refractivity contribution is 6.18. The van der Waals surface area contributed by atoms with Gasteiger partial charge in [-0.25, -0.2) is 0 Å². The molecule has 3 nitrogen and oxygen atoms in total. The van der Waals surface area contributed by atoms with Crippen LogP contribution in [0.2, 0.25) is 0 Å². The summed E-state index contributed by atoms with van der Waals surface area (Å²) in [5.41, 5.74) is 0. The number of ether oxygens (including phenoxy) is 1. The summed E-state index contributed by atoms with van der Waals surface area (Å²) in [5.74, 6) is 0.922. The Bertz CT molecular complexity index is 199. The number of nitrogens with zero attached hydrogens (tertiary/aromatic N) is 1. The summed E-state index contributed by atoms with van der Waals surface area (Å²) in [5, 5.41) is 0. The molecular weight excluding hydrogens is 202 g/mol. The van der Waals surface area contributed by atoms with Gasteiger partial charge in [-0.15, -0.1) is 11.6 Å². The third kappa shape index (κ3) is 2.61. The molecule has 1 heterocycles. The van der Waals surface area contributed by atoms with E-state index in [1.165, 1.54) is 0 Å². The first kappa shape index (κ1) is 11.8. The van der Waals surface area contributed by atoms with Crippen LogP contribution in [-0.2, 0) is 9.53 Å². The number of hydrogen-bond acceptors (Lipinski definition) is 2. The van der Waals surface area contributed by atoms with Crippen LogP contribution in [0.25, 0.3) is 0 Å². The first-order chi connectivity index (χ1) is 6.70. The number of carbonyl (C=O) groups excluding carboxylic acids is 1. The third-order valence-corrected chi connectivity index (χ3v) is 2.85. The van der Waals surface area contributed by atoms with Crippen molar-refractivity contribution >= 4 is 17.5 Å². The second-order valence-electron chi connectivity index (χ2n) is 3.66. The normalized spacial score (nSPS) is 26.5. The van der Waals surface area contributed by atoms with Crippen molar-refractivity contribution in [3.05, 3.63) is 0 Å². The molecule has 0 spiro atoms. The Morgan fingerprint density at radius 2 is 2.36 bits per heavy atom. The number of amides is 1. The molecule has 0 aromatic rings. The van der Waals surface area contributed by atoms with Crippen molar-refractivity contribution < 1.29 is 9.53 Å². The van der Waals surface area contributed by atoms with Crippen molar-refractivity contribution in [2.75, 3.05) is 25.6 Å². The predicted molar refractivity (Wildman–Crippen MR) is 56.5 cm³/mol. The molecule has 0 saturated carbocycles. The molecule has 4 heteroatoms. The zero-order chi connectivity index (χ0) is 10.6. The highest BCUT2D eigenvalue weighted by Crippen LogP contribution is 2.21. The number of alkyl halides is 1. The first-order valence-corrected chi connectivity index (χ1v) is 5.70. The summed E-state index contributed by atoms with van der Waals surface area (Å²) in [6, 6.07) is 0. The van der Waals surface area contributed by atoms with Crippen LogP contribution in [0.1, 0.15) is 20.3 Å². The van der Waals surface area contributed by atoms with E-state index in [4.69, 9.17) is 16.3 Å². The Kier molecular flexibility index (Phi) is 4.69. The lowest BCUT2D eigenvalue weighted by molar-refractivity contribution is -0.142. The van der Waals surface area contributed by atoms with Gasteiger partial charge in [0.15, 0.2) is 0 Å². The van der Waals surface area contributed by atoms with Crippen molar-refractivity contribution in [3.8, 4) is 0 Å². The molecule has 1 saturated heterocycles. The molecular formula is C10H18ClNO2. The van der Waals surface area contributed by atoms with Gasteiger partial charge in [0.1, 0.15) is 6.10 Å². The largest absolute Gasteiger partial charge is 0.368 e. The van der Waals surface area contributed by atoms with E-state index < -0.39 is 0 Å². The Hall–Kier alpha value is -0.280. The smallest absolute Gasteiger partial charge is 0.252 e. The van der Waals surface area contributed by atoms with Crippen molar-refractivity contribution in [2.45, 2.75) is 26.4 Å². The fourth-order valence-corrected chi connectivity index (χ4v) is 1.92. The summed E-state index contributed by atoms with van der Waals surface area (Å²) in [4.78, 5) is 13.7. The van der Waals surface area contributed by atoms with Crippen molar-refractivity contribution in [2.24, 2.45) is 5.92 Å². The van der Waals surface area contributed by atoms with Crippen molar-refractivity contribution in [1.82, 2.24) is 4.90 Å². The number of likely N-dealkylation sites (N-methyl/N-ethyl adjacent to an activating group) is 1. The van der Waals surface area contributed by atoms with Gasteiger partial charge in [-0.1, -0.05) is 6.92 Å². The second kappa shape index (κ2) is 5.56. The molecule has 0 aliphatic carbocycles. The number of rotatable bonds is 4. The van der Waals surface area contributed by atoms with Gasteiger partial charge in [0.05, 0.1) is 0 Å². The van der Waals surface area contributed by atoms with E-state index in [-0.39, 0.29) is 12.0 Å². The topological polar surface area (TPSA) is 29.5 Å². The summed E-state index contributed by atoms with van der Waals surface area (Å²) < 4.78 is 5.42. The Morgan fingerprint density at radius 3 is 2.79 bits per heavy atom. The molecule has 1 rings (SSSR count). The fourth-order valence-electron chi connectivity index (χ4n) is 1.72. The molecule has 0 aromatic heterocycles. The Labute approximate surface area is 90.4 Å². The summed E-state index contributed by atoms with van der Waals surface area (Å²) in [6.07, 6.45) is 0.743. The molecule has 1 fully saturated rings. The molecule has 0 radical (unpaired) electrons. The van der Waals surface area contributed by atoms with E-state index in [0.29, 0.717) is 31.5 Å². The molecule has 0 aromatic carbocycles. The predicted octanol–water partition coefficient (Wildman–Crippen LogP) is 1.50. The quantitative estimate of drug-likeness (QED) is 0.671. The third-order valence-electron chi connectivity index (χ3n) is 2.68. The Morgan fingerprint density at radius 1 is 1.64 bits per heavy atom. The summed E-state index contributed by atoms with van der Waals surface area (Å²) >= 11 is 5.63. The maximum Gasteiger partial charge on any atom is 0.252 e. The molecule has 1 aliphatic rings. The van der Waals surface area contributed by atoms with Gasteiger partial charge in [0.2, 0.25) is 0 Å². The van der Waals surface area contributed by atoms with Gasteiger partial charge in [-0.2, -0.15) is 0 Å². The van der Waals surface area contributed by atoms with Gasteiger partial charge in [-0.3, -0.25) is 4.79 Å². The van der Waals surface area contributed by atoms with Crippen molar-refractivity contribution in [3.63, 3.8) is 0 Å². The van der Waals surface area contributed by atoms with E-state index in [9.17, 15) is 4.79 Å². The minimum absolute atomic E-state index is 0.0955. The van der Waals surface area contributed by atoms with E-state index in [0.717, 1.165) is 6.42 Å². The second-order valence-corrected chi connectivity index (χ2v) is 4.04. The minimum Gasteiger partial charge on any atom is -0.368 e.